The Balaban J connectivity index is 1.19. The van der Waals surface area contributed by atoms with Crippen molar-refractivity contribution < 1.29 is 4.57 Å². The Bertz CT molecular complexity index is 3060. The largest absolute Gasteiger partial charge is 0.309 e. The molecule has 0 N–H and O–H groups in total. The van der Waals surface area contributed by atoms with Crippen molar-refractivity contribution in [2.45, 2.75) is 5.41 Å². The van der Waals surface area contributed by atoms with E-state index in [0.29, 0.717) is 0 Å². The van der Waals surface area contributed by atoms with Crippen molar-refractivity contribution in [1.29, 1.82) is 0 Å². The molecule has 0 bridgehead atoms. The molecule has 0 amide bonds. The van der Waals surface area contributed by atoms with Gasteiger partial charge in [-0.15, -0.1) is 0 Å². The molecule has 2 heterocycles. The maximum atomic E-state index is 16.2. The van der Waals surface area contributed by atoms with Gasteiger partial charge in [-0.25, -0.2) is 0 Å². The van der Waals surface area contributed by atoms with E-state index in [2.05, 4.69) is 199 Å². The maximum absolute atomic E-state index is 16.2. The van der Waals surface area contributed by atoms with Crippen molar-refractivity contribution in [2.75, 3.05) is 0 Å². The summed E-state index contributed by atoms with van der Waals surface area (Å²) in [7, 11) is -3.33. The Morgan fingerprint density at radius 3 is 1.61 bits per heavy atom. The Morgan fingerprint density at radius 2 is 0.907 bits per heavy atom. The van der Waals surface area contributed by atoms with Gasteiger partial charge in [0.05, 0.1) is 22.1 Å². The molecular weight excluding hydrogens is 674 g/mol. The highest BCUT2D eigenvalue weighted by Crippen LogP contribution is 2.54. The summed E-state index contributed by atoms with van der Waals surface area (Å²) in [6.45, 7) is 0. The lowest BCUT2D eigenvalue weighted by atomic mass is 9.63. The van der Waals surface area contributed by atoms with Gasteiger partial charge in [-0.1, -0.05) is 182 Å². The summed E-state index contributed by atoms with van der Waals surface area (Å²) >= 11 is 0. The Kier molecular flexibility index (Phi) is 6.78. The first-order valence-electron chi connectivity index (χ1n) is 18.5. The molecule has 54 heavy (non-hydrogen) atoms. The van der Waals surface area contributed by atoms with Gasteiger partial charge < -0.3 is 9.13 Å². The summed E-state index contributed by atoms with van der Waals surface area (Å²) in [4.78, 5) is 0. The van der Waals surface area contributed by atoms with E-state index in [0.717, 1.165) is 43.0 Å². The van der Waals surface area contributed by atoms with Gasteiger partial charge in [-0.2, -0.15) is 0 Å². The summed E-state index contributed by atoms with van der Waals surface area (Å²) < 4.78 is 18.6. The molecule has 1 atom stereocenters. The van der Waals surface area contributed by atoms with E-state index >= 15 is 4.57 Å². The minimum Gasteiger partial charge on any atom is -0.309 e. The lowest BCUT2D eigenvalue weighted by Crippen LogP contribution is -2.35. The third-order valence-electron chi connectivity index (χ3n) is 11.7. The fourth-order valence-corrected chi connectivity index (χ4v) is 12.0. The Labute approximate surface area is 314 Å². The van der Waals surface area contributed by atoms with Crippen molar-refractivity contribution in [3.8, 4) is 5.69 Å². The highest BCUT2D eigenvalue weighted by Gasteiger charge is 2.45. The molecular formula is C51H34NOP. The van der Waals surface area contributed by atoms with Crippen molar-refractivity contribution >= 4 is 66.4 Å². The van der Waals surface area contributed by atoms with Gasteiger partial charge in [-0.05, 0) is 68.1 Å². The van der Waals surface area contributed by atoms with Crippen LogP contribution in [0.4, 0.5) is 0 Å². The summed E-state index contributed by atoms with van der Waals surface area (Å²) in [5.74, 6) is 0. The predicted molar refractivity (Wildman–Crippen MR) is 227 cm³/mol. The molecule has 0 aliphatic carbocycles. The maximum Gasteiger partial charge on any atom is 0.171 e. The summed E-state index contributed by atoms with van der Waals surface area (Å²) in [5.41, 5.74) is 7.77. The van der Waals surface area contributed by atoms with E-state index in [1.807, 2.05) is 12.1 Å². The monoisotopic (exact) mass is 707 g/mol. The lowest BCUT2D eigenvalue weighted by molar-refractivity contribution is 0.592. The zero-order valence-corrected chi connectivity index (χ0v) is 30.3. The number of para-hydroxylation sites is 3. The Hall–Kier alpha value is -6.47. The SMILES string of the molecule is O=P(c1ccc(C2(c3ccccc3)c3ccccc3-n3c4ccccc4c4cccc2c43)cc1)(c1ccc2ccccc2c1)c1ccc2ccccc2c1. The third-order valence-corrected chi connectivity index (χ3v) is 14.7. The average molecular weight is 708 g/mol. The first-order valence-corrected chi connectivity index (χ1v) is 20.2. The number of aromatic nitrogens is 1. The number of rotatable bonds is 5. The van der Waals surface area contributed by atoms with Gasteiger partial charge in [0.1, 0.15) is 0 Å². The number of fused-ring (bicyclic) bond motifs is 7. The molecule has 1 aromatic heterocycles. The quantitative estimate of drug-likeness (QED) is 0.163. The number of hydrogen-bond donors (Lipinski definition) is 0. The third kappa shape index (κ3) is 4.26. The van der Waals surface area contributed by atoms with Gasteiger partial charge in [0, 0.05) is 26.7 Å². The van der Waals surface area contributed by atoms with Crippen LogP contribution in [0.25, 0.3) is 49.0 Å². The van der Waals surface area contributed by atoms with Crippen LogP contribution in [0.3, 0.4) is 0 Å². The van der Waals surface area contributed by atoms with E-state index in [9.17, 15) is 0 Å². The predicted octanol–water partition coefficient (Wildman–Crippen LogP) is 11.4. The molecule has 3 heteroatoms. The zero-order chi connectivity index (χ0) is 35.9. The highest BCUT2D eigenvalue weighted by atomic mass is 31.2. The van der Waals surface area contributed by atoms with Gasteiger partial charge in [-0.3, -0.25) is 0 Å². The fraction of sp³-hybridized carbons (Fsp3) is 0.0196. The summed E-state index contributed by atoms with van der Waals surface area (Å²) in [5, 5.41) is 9.40. The molecule has 1 unspecified atom stereocenters. The Morgan fingerprint density at radius 1 is 0.389 bits per heavy atom. The van der Waals surface area contributed by atoms with Gasteiger partial charge >= 0.3 is 0 Å². The van der Waals surface area contributed by atoms with Crippen molar-refractivity contribution in [1.82, 2.24) is 4.57 Å². The molecule has 0 saturated carbocycles. The normalized spacial score (nSPS) is 15.2. The van der Waals surface area contributed by atoms with Crippen LogP contribution in [0.1, 0.15) is 22.3 Å². The minimum absolute atomic E-state index is 0.629. The van der Waals surface area contributed by atoms with Crippen LogP contribution in [0.5, 0.6) is 0 Å². The lowest BCUT2D eigenvalue weighted by Gasteiger charge is -2.41. The highest BCUT2D eigenvalue weighted by molar-refractivity contribution is 7.85. The molecule has 0 radical (unpaired) electrons. The van der Waals surface area contributed by atoms with E-state index < -0.39 is 12.6 Å². The molecule has 1 aliphatic rings. The summed E-state index contributed by atoms with van der Waals surface area (Å²) in [6, 6.07) is 73.3. The van der Waals surface area contributed by atoms with Gasteiger partial charge in [0.15, 0.2) is 7.14 Å². The van der Waals surface area contributed by atoms with Crippen LogP contribution >= 0.6 is 7.14 Å². The van der Waals surface area contributed by atoms with Crippen molar-refractivity contribution in [3.63, 3.8) is 0 Å². The molecule has 1 aliphatic heterocycles. The molecule has 0 spiro atoms. The molecule has 254 valence electrons. The molecule has 2 nitrogen and oxygen atoms in total. The first-order chi connectivity index (χ1) is 26.7. The first kappa shape index (κ1) is 31.1. The molecule has 9 aromatic carbocycles. The van der Waals surface area contributed by atoms with Gasteiger partial charge in [0.2, 0.25) is 0 Å². The van der Waals surface area contributed by atoms with Crippen LogP contribution < -0.4 is 15.9 Å². The number of benzene rings is 9. The zero-order valence-electron chi connectivity index (χ0n) is 29.4. The van der Waals surface area contributed by atoms with Crippen molar-refractivity contribution in [2.24, 2.45) is 0 Å². The van der Waals surface area contributed by atoms with E-state index in [-0.39, 0.29) is 0 Å². The number of hydrogen-bond acceptors (Lipinski definition) is 1. The second-order valence-electron chi connectivity index (χ2n) is 14.4. The smallest absolute Gasteiger partial charge is 0.171 e. The van der Waals surface area contributed by atoms with Crippen LogP contribution in [0.2, 0.25) is 0 Å². The standard InChI is InChI=1S/C51H34NOP/c53-54(42-29-25-35-13-4-6-15-37(35)33-42,43-30-26-36-14-5-7-16-38(36)34-43)41-31-27-40(28-32-41)51(39-17-2-1-3-18-39)46-21-9-11-24-49(46)52-48-23-10-8-19-44(48)45-20-12-22-47(51)50(45)52/h1-34H. The second kappa shape index (κ2) is 11.8. The van der Waals surface area contributed by atoms with Crippen molar-refractivity contribution in [3.05, 3.63) is 229 Å². The number of nitrogens with zero attached hydrogens (tertiary/aromatic N) is 1. The molecule has 11 rings (SSSR count). The van der Waals surface area contributed by atoms with E-state index in [1.54, 1.807) is 0 Å². The van der Waals surface area contributed by atoms with Crippen LogP contribution in [0.15, 0.2) is 206 Å². The topological polar surface area (TPSA) is 22.0 Å². The minimum atomic E-state index is -3.33. The fourth-order valence-electron chi connectivity index (χ4n) is 9.29. The van der Waals surface area contributed by atoms with Gasteiger partial charge in [0.25, 0.3) is 0 Å². The van der Waals surface area contributed by atoms with Crippen LogP contribution in [-0.4, -0.2) is 4.57 Å². The molecule has 0 fully saturated rings. The van der Waals surface area contributed by atoms with E-state index in [1.165, 1.54) is 44.2 Å². The second-order valence-corrected chi connectivity index (χ2v) is 17.2. The van der Waals surface area contributed by atoms with Crippen LogP contribution in [0, 0.1) is 0 Å². The molecule has 0 saturated heterocycles. The average Bonchev–Trinajstić information content (AvgIpc) is 3.59. The molecule has 10 aromatic rings. The van der Waals surface area contributed by atoms with Crippen LogP contribution in [-0.2, 0) is 9.98 Å². The summed E-state index contributed by atoms with van der Waals surface area (Å²) in [6.07, 6.45) is 0. The van der Waals surface area contributed by atoms with E-state index in [4.69, 9.17) is 0 Å².